The van der Waals surface area contributed by atoms with Gasteiger partial charge in [-0.15, -0.1) is 5.10 Å². The molecule has 0 aliphatic rings. The van der Waals surface area contributed by atoms with Crippen LogP contribution in [0.15, 0.2) is 46.0 Å². The number of hydrogen-bond donors (Lipinski definition) is 2. The first-order valence-corrected chi connectivity index (χ1v) is 12.1. The molecule has 11 heteroatoms. The molecule has 0 unspecified atom stereocenters. The second kappa shape index (κ2) is 10.4. The standard InChI is InChI=1S/C26H29FN6O4/c1-5-10-31-24(36)19-9-7-17(23(35)28-13-15(2)3)11-21(19)33-25(31)30-32(26(33)37)14-22(34)29-18-8-6-16(4)20(27)12-18/h6-9,11-12,15H,5,10,13-14H2,1-4H3,(H,28,35)(H,29,34). The first-order valence-electron chi connectivity index (χ1n) is 12.1. The van der Waals surface area contributed by atoms with Crippen molar-refractivity contribution in [3.8, 4) is 0 Å². The second-order valence-corrected chi connectivity index (χ2v) is 9.38. The summed E-state index contributed by atoms with van der Waals surface area (Å²) in [7, 11) is 0. The van der Waals surface area contributed by atoms with Gasteiger partial charge in [0, 0.05) is 24.3 Å². The third-order valence-corrected chi connectivity index (χ3v) is 5.91. The van der Waals surface area contributed by atoms with Crippen LogP contribution in [0, 0.1) is 18.7 Å². The van der Waals surface area contributed by atoms with Gasteiger partial charge >= 0.3 is 5.69 Å². The van der Waals surface area contributed by atoms with E-state index in [-0.39, 0.29) is 39.8 Å². The third kappa shape index (κ3) is 5.16. The number of amides is 2. The van der Waals surface area contributed by atoms with Gasteiger partial charge in [-0.3, -0.25) is 19.0 Å². The second-order valence-electron chi connectivity index (χ2n) is 9.38. The van der Waals surface area contributed by atoms with Crippen molar-refractivity contribution in [1.29, 1.82) is 0 Å². The molecule has 2 aromatic carbocycles. The molecule has 0 radical (unpaired) electrons. The minimum Gasteiger partial charge on any atom is -0.352 e. The third-order valence-electron chi connectivity index (χ3n) is 5.91. The van der Waals surface area contributed by atoms with Crippen LogP contribution in [-0.4, -0.2) is 37.1 Å². The predicted octanol–water partition coefficient (Wildman–Crippen LogP) is 2.69. The highest BCUT2D eigenvalue weighted by Gasteiger charge is 2.20. The van der Waals surface area contributed by atoms with Crippen LogP contribution >= 0.6 is 0 Å². The fourth-order valence-corrected chi connectivity index (χ4v) is 3.99. The molecule has 2 N–H and O–H groups in total. The molecular formula is C26H29FN6O4. The van der Waals surface area contributed by atoms with E-state index in [0.29, 0.717) is 30.6 Å². The van der Waals surface area contributed by atoms with E-state index in [4.69, 9.17) is 0 Å². The summed E-state index contributed by atoms with van der Waals surface area (Å²) in [6.07, 6.45) is 0.608. The Kier molecular flexibility index (Phi) is 7.23. The molecule has 37 heavy (non-hydrogen) atoms. The Labute approximate surface area is 211 Å². The first kappa shape index (κ1) is 25.8. The van der Waals surface area contributed by atoms with E-state index in [0.717, 1.165) is 4.68 Å². The van der Waals surface area contributed by atoms with Crippen LogP contribution in [-0.2, 0) is 17.9 Å². The normalized spacial score (nSPS) is 11.4. The lowest BCUT2D eigenvalue weighted by molar-refractivity contribution is -0.117. The van der Waals surface area contributed by atoms with E-state index < -0.39 is 24.0 Å². The molecule has 10 nitrogen and oxygen atoms in total. The molecule has 4 rings (SSSR count). The Bertz CT molecular complexity index is 1630. The zero-order valence-corrected chi connectivity index (χ0v) is 21.2. The largest absolute Gasteiger partial charge is 0.352 e. The van der Waals surface area contributed by atoms with Crippen molar-refractivity contribution in [1.82, 2.24) is 24.1 Å². The molecule has 0 aliphatic heterocycles. The molecule has 0 saturated heterocycles. The van der Waals surface area contributed by atoms with Crippen LogP contribution in [0.5, 0.6) is 0 Å². The highest BCUT2D eigenvalue weighted by atomic mass is 19.1. The fraction of sp³-hybridized carbons (Fsp3) is 0.346. The zero-order valence-electron chi connectivity index (χ0n) is 21.2. The van der Waals surface area contributed by atoms with Crippen molar-refractivity contribution >= 4 is 34.2 Å². The SMILES string of the molecule is CCCn1c(=O)c2ccc(C(=O)NCC(C)C)cc2n2c(=O)n(CC(=O)Nc3ccc(C)c(F)c3)nc12. The molecule has 0 atom stereocenters. The van der Waals surface area contributed by atoms with Gasteiger partial charge in [-0.05, 0) is 55.2 Å². The van der Waals surface area contributed by atoms with Gasteiger partial charge in [0.15, 0.2) is 0 Å². The average Bonchev–Trinajstić information content (AvgIpc) is 3.17. The van der Waals surface area contributed by atoms with Crippen molar-refractivity contribution in [2.75, 3.05) is 11.9 Å². The minimum atomic E-state index is -0.644. The van der Waals surface area contributed by atoms with Gasteiger partial charge in [0.2, 0.25) is 11.7 Å². The first-order chi connectivity index (χ1) is 17.6. The summed E-state index contributed by atoms with van der Waals surface area (Å²) in [6, 6.07) is 8.84. The van der Waals surface area contributed by atoms with E-state index in [1.807, 2.05) is 20.8 Å². The van der Waals surface area contributed by atoms with E-state index in [1.54, 1.807) is 19.1 Å². The topological polar surface area (TPSA) is 120 Å². The number of rotatable bonds is 8. The maximum absolute atomic E-state index is 13.9. The van der Waals surface area contributed by atoms with Crippen LogP contribution in [0.3, 0.4) is 0 Å². The Morgan fingerprint density at radius 1 is 1.11 bits per heavy atom. The van der Waals surface area contributed by atoms with Gasteiger partial charge in [0.05, 0.1) is 10.9 Å². The number of aromatic nitrogens is 4. The highest BCUT2D eigenvalue weighted by Crippen LogP contribution is 2.16. The molecule has 2 heterocycles. The quantitative estimate of drug-likeness (QED) is 0.379. The summed E-state index contributed by atoms with van der Waals surface area (Å²) in [5.74, 6) is -1.06. The lowest BCUT2D eigenvalue weighted by atomic mass is 10.1. The molecule has 2 aromatic heterocycles. The minimum absolute atomic E-state index is 0.0678. The number of anilines is 1. The number of fused-ring (bicyclic) bond motifs is 3. The Morgan fingerprint density at radius 3 is 2.54 bits per heavy atom. The Hall–Kier alpha value is -4.28. The van der Waals surface area contributed by atoms with Crippen LogP contribution in [0.25, 0.3) is 16.7 Å². The van der Waals surface area contributed by atoms with Crippen molar-refractivity contribution in [2.45, 2.75) is 47.2 Å². The van der Waals surface area contributed by atoms with Gasteiger partial charge in [0.1, 0.15) is 12.4 Å². The number of benzene rings is 2. The Balaban J connectivity index is 1.79. The Morgan fingerprint density at radius 2 is 1.86 bits per heavy atom. The molecule has 0 spiro atoms. The summed E-state index contributed by atoms with van der Waals surface area (Å²) in [5.41, 5.74) is 0.204. The lowest BCUT2D eigenvalue weighted by Gasteiger charge is -2.11. The van der Waals surface area contributed by atoms with E-state index in [2.05, 4.69) is 15.7 Å². The number of carbonyl (C=O) groups is 2. The lowest BCUT2D eigenvalue weighted by Crippen LogP contribution is -2.30. The molecule has 0 fully saturated rings. The molecule has 4 aromatic rings. The number of nitrogens with zero attached hydrogens (tertiary/aromatic N) is 4. The zero-order chi connectivity index (χ0) is 26.9. The van der Waals surface area contributed by atoms with E-state index in [1.165, 1.54) is 33.2 Å². The van der Waals surface area contributed by atoms with Crippen molar-refractivity contribution in [2.24, 2.45) is 5.92 Å². The molecule has 0 bridgehead atoms. The average molecular weight is 509 g/mol. The summed E-state index contributed by atoms with van der Waals surface area (Å²) in [6.45, 7) is 7.77. The van der Waals surface area contributed by atoms with Crippen LogP contribution in [0.2, 0.25) is 0 Å². The summed E-state index contributed by atoms with van der Waals surface area (Å²) < 4.78 is 17.4. The molecule has 2 amide bonds. The van der Waals surface area contributed by atoms with E-state index >= 15 is 0 Å². The maximum atomic E-state index is 13.9. The van der Waals surface area contributed by atoms with Gasteiger partial charge in [-0.2, -0.15) is 0 Å². The highest BCUT2D eigenvalue weighted by molar-refractivity contribution is 5.98. The molecule has 0 saturated carbocycles. The number of halogens is 1. The van der Waals surface area contributed by atoms with Crippen molar-refractivity contribution in [3.05, 3.63) is 74.2 Å². The molecular weight excluding hydrogens is 479 g/mol. The smallest absolute Gasteiger partial charge is 0.352 e. The number of hydrogen-bond acceptors (Lipinski definition) is 5. The van der Waals surface area contributed by atoms with Crippen molar-refractivity contribution < 1.29 is 14.0 Å². The molecule has 0 aliphatic carbocycles. The fourth-order valence-electron chi connectivity index (χ4n) is 3.99. The van der Waals surface area contributed by atoms with Gasteiger partial charge < -0.3 is 10.6 Å². The summed E-state index contributed by atoms with van der Waals surface area (Å²) in [5, 5.41) is 9.92. The van der Waals surface area contributed by atoms with Crippen LogP contribution in [0.1, 0.15) is 43.1 Å². The van der Waals surface area contributed by atoms with Crippen molar-refractivity contribution in [3.63, 3.8) is 0 Å². The molecule has 194 valence electrons. The van der Waals surface area contributed by atoms with Gasteiger partial charge in [-0.1, -0.05) is 26.8 Å². The summed E-state index contributed by atoms with van der Waals surface area (Å²) >= 11 is 0. The van der Waals surface area contributed by atoms with Gasteiger partial charge in [-0.25, -0.2) is 18.3 Å². The number of aryl methyl sites for hydroxylation is 2. The van der Waals surface area contributed by atoms with Crippen LogP contribution < -0.4 is 21.9 Å². The summed E-state index contributed by atoms with van der Waals surface area (Å²) in [4.78, 5) is 52.0. The maximum Gasteiger partial charge on any atom is 0.352 e. The number of nitrogens with one attached hydrogen (secondary N) is 2. The monoisotopic (exact) mass is 508 g/mol. The van der Waals surface area contributed by atoms with Crippen LogP contribution in [0.4, 0.5) is 10.1 Å². The number of carbonyl (C=O) groups excluding carboxylic acids is 2. The predicted molar refractivity (Wildman–Crippen MR) is 138 cm³/mol. The van der Waals surface area contributed by atoms with E-state index in [9.17, 15) is 23.6 Å². The van der Waals surface area contributed by atoms with Gasteiger partial charge in [0.25, 0.3) is 11.5 Å².